The maximum absolute atomic E-state index is 10.8. The first kappa shape index (κ1) is 24.9. The van der Waals surface area contributed by atoms with E-state index in [2.05, 4.69) is 43.3 Å². The number of aliphatic carboxylic acids is 1. The van der Waals surface area contributed by atoms with E-state index in [0.717, 1.165) is 11.1 Å². The number of aryl methyl sites for hydroxylation is 1. The molecule has 0 bridgehead atoms. The first-order valence-corrected chi connectivity index (χ1v) is 10.4. The third-order valence-electron chi connectivity index (χ3n) is 4.95. The Labute approximate surface area is 189 Å². The highest BCUT2D eigenvalue weighted by Gasteiger charge is 2.17. The van der Waals surface area contributed by atoms with E-state index in [0.29, 0.717) is 23.5 Å². The van der Waals surface area contributed by atoms with Crippen molar-refractivity contribution < 1.29 is 24.5 Å². The molecule has 0 spiro atoms. The summed E-state index contributed by atoms with van der Waals surface area (Å²) >= 11 is 0. The van der Waals surface area contributed by atoms with Gasteiger partial charge in [-0.25, -0.2) is 4.79 Å². The molecule has 32 heavy (non-hydrogen) atoms. The molecule has 2 atom stereocenters. The Bertz CT molecular complexity index is 973. The van der Waals surface area contributed by atoms with E-state index in [1.54, 1.807) is 25.1 Å². The maximum atomic E-state index is 10.8. The first-order valence-electron chi connectivity index (χ1n) is 10.4. The Balaban J connectivity index is 0.000000228. The van der Waals surface area contributed by atoms with E-state index in [9.17, 15) is 4.79 Å². The lowest BCUT2D eigenvalue weighted by Crippen LogP contribution is -2.25. The van der Waals surface area contributed by atoms with Gasteiger partial charge < -0.3 is 25.4 Å². The van der Waals surface area contributed by atoms with E-state index >= 15 is 0 Å². The van der Waals surface area contributed by atoms with Crippen LogP contribution in [-0.4, -0.2) is 29.4 Å². The molecule has 0 aliphatic carbocycles. The number of carboxylic acid groups (broad SMARTS) is 1. The number of hydrogen-bond acceptors (Lipinski definition) is 5. The lowest BCUT2D eigenvalue weighted by atomic mass is 9.99. The molecule has 4 N–H and O–H groups in total. The summed E-state index contributed by atoms with van der Waals surface area (Å²) in [6.07, 6.45) is -0.501. The fraction of sp³-hybridized carbons (Fsp3) is 0.269. The number of rotatable bonds is 8. The molecule has 6 heteroatoms. The number of methoxy groups -OCH3 is 1. The van der Waals surface area contributed by atoms with Crippen molar-refractivity contribution in [2.75, 3.05) is 7.11 Å². The molecule has 2 unspecified atom stereocenters. The van der Waals surface area contributed by atoms with Crippen LogP contribution >= 0.6 is 0 Å². The zero-order valence-corrected chi connectivity index (χ0v) is 18.7. The van der Waals surface area contributed by atoms with Crippen LogP contribution in [0.2, 0.25) is 0 Å². The van der Waals surface area contributed by atoms with Gasteiger partial charge in [-0.15, -0.1) is 0 Å². The van der Waals surface area contributed by atoms with Crippen LogP contribution in [0.5, 0.6) is 11.5 Å². The number of hydrogen-bond donors (Lipinski definition) is 3. The highest BCUT2D eigenvalue weighted by atomic mass is 16.5. The lowest BCUT2D eigenvalue weighted by molar-refractivity contribution is -0.145. The quantitative estimate of drug-likeness (QED) is 0.480. The molecular weight excluding hydrogens is 406 g/mol. The van der Waals surface area contributed by atoms with Crippen LogP contribution < -0.4 is 15.2 Å². The van der Waals surface area contributed by atoms with Crippen LogP contribution in [-0.2, 0) is 11.4 Å². The van der Waals surface area contributed by atoms with Gasteiger partial charge >= 0.3 is 5.97 Å². The first-order chi connectivity index (χ1) is 15.4. The van der Waals surface area contributed by atoms with Crippen molar-refractivity contribution in [3.8, 4) is 11.5 Å². The normalized spacial score (nSPS) is 12.2. The summed E-state index contributed by atoms with van der Waals surface area (Å²) in [5.41, 5.74) is 10.4. The van der Waals surface area contributed by atoms with Crippen molar-refractivity contribution in [3.05, 3.63) is 95.1 Å². The Morgan fingerprint density at radius 2 is 1.62 bits per heavy atom. The second kappa shape index (κ2) is 12.5. The molecule has 6 nitrogen and oxygen atoms in total. The van der Waals surface area contributed by atoms with Crippen molar-refractivity contribution in [1.82, 2.24) is 0 Å². The third kappa shape index (κ3) is 7.11. The fourth-order valence-electron chi connectivity index (χ4n) is 3.03. The second-order valence-corrected chi connectivity index (χ2v) is 7.28. The Morgan fingerprint density at radius 1 is 1.00 bits per heavy atom. The lowest BCUT2D eigenvalue weighted by Gasteiger charge is -2.14. The second-order valence-electron chi connectivity index (χ2n) is 7.28. The number of nitrogens with two attached hydrogens (primary N) is 1. The number of carboxylic acids is 1. The fourth-order valence-corrected chi connectivity index (χ4v) is 3.03. The molecule has 170 valence electrons. The van der Waals surface area contributed by atoms with Crippen LogP contribution in [0.3, 0.4) is 0 Å². The van der Waals surface area contributed by atoms with E-state index in [1.165, 1.54) is 12.7 Å². The topological polar surface area (TPSA) is 102 Å². The van der Waals surface area contributed by atoms with Gasteiger partial charge in [0.1, 0.15) is 11.5 Å². The van der Waals surface area contributed by atoms with Gasteiger partial charge in [-0.2, -0.15) is 0 Å². The van der Waals surface area contributed by atoms with Gasteiger partial charge in [0.2, 0.25) is 0 Å². The molecule has 0 heterocycles. The summed E-state index contributed by atoms with van der Waals surface area (Å²) in [6, 6.07) is 23.3. The van der Waals surface area contributed by atoms with E-state index in [1.807, 2.05) is 18.2 Å². The maximum Gasteiger partial charge on any atom is 0.344 e. The van der Waals surface area contributed by atoms with Crippen LogP contribution in [0.4, 0.5) is 0 Å². The van der Waals surface area contributed by atoms with Crippen molar-refractivity contribution in [3.63, 3.8) is 0 Å². The number of ether oxygens (including phenoxy) is 2. The Morgan fingerprint density at radius 3 is 2.16 bits per heavy atom. The average molecular weight is 438 g/mol. The van der Waals surface area contributed by atoms with Gasteiger partial charge in [-0.3, -0.25) is 0 Å². The van der Waals surface area contributed by atoms with Crippen molar-refractivity contribution in [2.24, 2.45) is 5.73 Å². The Kier molecular flexibility index (Phi) is 9.73. The SMILES string of the molecule is CCC(Oc1ccc(CO)c(OC)c1)C(=O)O.Cc1ccc(C(N)c2ccccc2)cc1. The zero-order chi connectivity index (χ0) is 23.5. The molecule has 0 saturated heterocycles. The molecule has 0 amide bonds. The third-order valence-corrected chi connectivity index (χ3v) is 4.95. The zero-order valence-electron chi connectivity index (χ0n) is 18.7. The van der Waals surface area contributed by atoms with Crippen LogP contribution in [0.15, 0.2) is 72.8 Å². The molecule has 0 saturated carbocycles. The van der Waals surface area contributed by atoms with Crippen molar-refractivity contribution >= 4 is 5.97 Å². The molecule has 3 rings (SSSR count). The summed E-state index contributed by atoms with van der Waals surface area (Å²) in [5, 5.41) is 17.9. The van der Waals surface area contributed by atoms with Gasteiger partial charge in [0, 0.05) is 11.6 Å². The molecule has 0 fully saturated rings. The van der Waals surface area contributed by atoms with Crippen molar-refractivity contribution in [1.29, 1.82) is 0 Å². The predicted octanol–water partition coefficient (Wildman–Crippen LogP) is 4.47. The summed E-state index contributed by atoms with van der Waals surface area (Å²) in [5.74, 6) is -0.115. The van der Waals surface area contributed by atoms with Crippen LogP contribution in [0.25, 0.3) is 0 Å². The largest absolute Gasteiger partial charge is 0.496 e. The molecule has 3 aromatic rings. The van der Waals surface area contributed by atoms with Crippen LogP contribution in [0.1, 0.15) is 41.6 Å². The predicted molar refractivity (Wildman–Crippen MR) is 125 cm³/mol. The highest BCUT2D eigenvalue weighted by Crippen LogP contribution is 2.25. The minimum absolute atomic E-state index is 0.0215. The van der Waals surface area contributed by atoms with E-state index in [-0.39, 0.29) is 12.6 Å². The van der Waals surface area contributed by atoms with Gasteiger partial charge in [0.05, 0.1) is 19.8 Å². The Hall–Kier alpha value is -3.35. The van der Waals surface area contributed by atoms with E-state index < -0.39 is 12.1 Å². The molecule has 0 aromatic heterocycles. The monoisotopic (exact) mass is 437 g/mol. The number of benzene rings is 3. The number of carbonyl (C=O) groups is 1. The minimum atomic E-state index is -1.00. The smallest absolute Gasteiger partial charge is 0.344 e. The van der Waals surface area contributed by atoms with E-state index in [4.69, 9.17) is 25.4 Å². The van der Waals surface area contributed by atoms with Crippen LogP contribution in [0, 0.1) is 6.92 Å². The molecule has 0 radical (unpaired) electrons. The van der Waals surface area contributed by atoms with Gasteiger partial charge in [-0.05, 0) is 36.6 Å². The molecule has 0 aliphatic heterocycles. The highest BCUT2D eigenvalue weighted by molar-refractivity contribution is 5.72. The molecule has 0 aliphatic rings. The van der Waals surface area contributed by atoms with Gasteiger partial charge in [-0.1, -0.05) is 67.1 Å². The summed E-state index contributed by atoms with van der Waals surface area (Å²) in [6.45, 7) is 3.68. The standard InChI is InChI=1S/C14H15N.C12H16O5/c1-11-7-9-13(10-8-11)14(15)12-5-3-2-4-6-12;1-3-10(12(14)15)17-9-5-4-8(7-13)11(6-9)16-2/h2-10,14H,15H2,1H3;4-6,10,13H,3,7H2,1-2H3,(H,14,15). The summed E-state index contributed by atoms with van der Waals surface area (Å²) in [4.78, 5) is 10.8. The molecular formula is C26H31NO5. The van der Waals surface area contributed by atoms with Gasteiger partial charge in [0.15, 0.2) is 6.10 Å². The van der Waals surface area contributed by atoms with Crippen molar-refractivity contribution in [2.45, 2.75) is 39.0 Å². The number of aliphatic hydroxyl groups is 1. The molecule has 3 aromatic carbocycles. The summed E-state index contributed by atoms with van der Waals surface area (Å²) < 4.78 is 10.4. The average Bonchev–Trinajstić information content (AvgIpc) is 2.83. The minimum Gasteiger partial charge on any atom is -0.496 e. The summed E-state index contributed by atoms with van der Waals surface area (Å²) in [7, 11) is 1.48. The number of aliphatic hydroxyl groups excluding tert-OH is 1. The van der Waals surface area contributed by atoms with Gasteiger partial charge in [0.25, 0.3) is 0 Å².